The SMILES string of the molecule is CCNC(=NCCN1CCc2ccccc2C1)NC1CCN(C(=O)C2CCCCC2)C1. The van der Waals surface area contributed by atoms with Gasteiger partial charge in [0.1, 0.15) is 0 Å². The van der Waals surface area contributed by atoms with Gasteiger partial charge in [0.05, 0.1) is 6.54 Å². The van der Waals surface area contributed by atoms with Crippen LogP contribution in [-0.2, 0) is 17.8 Å². The zero-order valence-corrected chi connectivity index (χ0v) is 19.1. The van der Waals surface area contributed by atoms with Gasteiger partial charge in [0.25, 0.3) is 0 Å². The lowest BCUT2D eigenvalue weighted by Crippen LogP contribution is -2.46. The number of rotatable bonds is 6. The number of guanidine groups is 1. The summed E-state index contributed by atoms with van der Waals surface area (Å²) in [4.78, 5) is 22.3. The maximum atomic E-state index is 12.8. The number of carbonyl (C=O) groups excluding carboxylic acids is 1. The zero-order valence-electron chi connectivity index (χ0n) is 19.1. The van der Waals surface area contributed by atoms with E-state index >= 15 is 0 Å². The van der Waals surface area contributed by atoms with E-state index < -0.39 is 0 Å². The summed E-state index contributed by atoms with van der Waals surface area (Å²) in [6.45, 7) is 8.53. The van der Waals surface area contributed by atoms with Crippen LogP contribution >= 0.6 is 0 Å². The maximum absolute atomic E-state index is 12.8. The summed E-state index contributed by atoms with van der Waals surface area (Å²) < 4.78 is 0. The average molecular weight is 426 g/mol. The van der Waals surface area contributed by atoms with Crippen LogP contribution in [0.3, 0.4) is 0 Å². The van der Waals surface area contributed by atoms with Gasteiger partial charge in [0.15, 0.2) is 5.96 Å². The topological polar surface area (TPSA) is 60.0 Å². The average Bonchev–Trinajstić information content (AvgIpc) is 3.27. The first kappa shape index (κ1) is 22.1. The third kappa shape index (κ3) is 6.00. The first-order valence-corrected chi connectivity index (χ1v) is 12.4. The van der Waals surface area contributed by atoms with Crippen LogP contribution in [0.15, 0.2) is 29.3 Å². The van der Waals surface area contributed by atoms with Crippen LogP contribution in [0.1, 0.15) is 56.6 Å². The standard InChI is InChI=1S/C25H39N5O/c1-2-26-25(27-14-17-29-15-12-20-8-6-7-11-22(20)18-29)28-23-13-16-30(19-23)24(31)21-9-4-3-5-10-21/h6-8,11,21,23H,2-5,9-10,12-19H2,1H3,(H2,26,27,28). The van der Waals surface area contributed by atoms with Crippen molar-refractivity contribution in [1.29, 1.82) is 0 Å². The van der Waals surface area contributed by atoms with Gasteiger partial charge in [-0.1, -0.05) is 43.5 Å². The molecular formula is C25H39N5O. The van der Waals surface area contributed by atoms with E-state index in [2.05, 4.69) is 51.6 Å². The monoisotopic (exact) mass is 425 g/mol. The van der Waals surface area contributed by atoms with E-state index in [0.29, 0.717) is 11.9 Å². The summed E-state index contributed by atoms with van der Waals surface area (Å²) in [6.07, 6.45) is 8.02. The number of benzene rings is 1. The molecule has 31 heavy (non-hydrogen) atoms. The van der Waals surface area contributed by atoms with Gasteiger partial charge in [-0.05, 0) is 43.7 Å². The summed E-state index contributed by atoms with van der Waals surface area (Å²) >= 11 is 0. The van der Waals surface area contributed by atoms with E-state index in [0.717, 1.165) is 77.5 Å². The van der Waals surface area contributed by atoms with Crippen LogP contribution in [0, 0.1) is 5.92 Å². The number of amides is 1. The highest BCUT2D eigenvalue weighted by molar-refractivity contribution is 5.81. The maximum Gasteiger partial charge on any atom is 0.225 e. The van der Waals surface area contributed by atoms with Gasteiger partial charge in [0.2, 0.25) is 5.91 Å². The molecule has 4 rings (SSSR count). The summed E-state index contributed by atoms with van der Waals surface area (Å²) in [7, 11) is 0. The Morgan fingerprint density at radius 3 is 2.71 bits per heavy atom. The molecule has 3 aliphatic rings. The largest absolute Gasteiger partial charge is 0.357 e. The molecule has 0 spiro atoms. The van der Waals surface area contributed by atoms with Crippen molar-refractivity contribution in [2.45, 2.75) is 64.5 Å². The molecule has 1 amide bonds. The predicted octanol–water partition coefficient (Wildman–Crippen LogP) is 2.78. The highest BCUT2D eigenvalue weighted by atomic mass is 16.2. The van der Waals surface area contributed by atoms with Crippen LogP contribution in [0.5, 0.6) is 0 Å². The molecule has 1 unspecified atom stereocenters. The van der Waals surface area contributed by atoms with Gasteiger partial charge >= 0.3 is 0 Å². The van der Waals surface area contributed by atoms with Gasteiger partial charge in [-0.3, -0.25) is 14.7 Å². The Hall–Kier alpha value is -2.08. The van der Waals surface area contributed by atoms with Gasteiger partial charge in [-0.15, -0.1) is 0 Å². The first-order valence-electron chi connectivity index (χ1n) is 12.4. The second-order valence-corrected chi connectivity index (χ2v) is 9.30. The Morgan fingerprint density at radius 2 is 1.90 bits per heavy atom. The summed E-state index contributed by atoms with van der Waals surface area (Å²) in [6, 6.07) is 9.07. The first-order chi connectivity index (χ1) is 15.2. The lowest BCUT2D eigenvalue weighted by Gasteiger charge is -2.28. The van der Waals surface area contributed by atoms with Crippen LogP contribution in [0.25, 0.3) is 0 Å². The molecule has 1 saturated carbocycles. The minimum Gasteiger partial charge on any atom is -0.357 e. The van der Waals surface area contributed by atoms with Crippen molar-refractivity contribution in [2.75, 3.05) is 39.3 Å². The number of carbonyl (C=O) groups is 1. The summed E-state index contributed by atoms with van der Waals surface area (Å²) in [5, 5.41) is 6.97. The molecule has 2 heterocycles. The smallest absolute Gasteiger partial charge is 0.225 e. The molecule has 0 bridgehead atoms. The Labute approximate surface area is 187 Å². The number of likely N-dealkylation sites (tertiary alicyclic amines) is 1. The molecule has 2 N–H and O–H groups in total. The molecule has 0 aromatic heterocycles. The third-order valence-corrected chi connectivity index (χ3v) is 7.04. The quantitative estimate of drug-likeness (QED) is 0.544. The van der Waals surface area contributed by atoms with Gasteiger partial charge in [-0.2, -0.15) is 0 Å². The second kappa shape index (κ2) is 11.0. The second-order valence-electron chi connectivity index (χ2n) is 9.30. The number of fused-ring (bicyclic) bond motifs is 1. The fourth-order valence-electron chi connectivity index (χ4n) is 5.25. The van der Waals surface area contributed by atoms with E-state index in [1.807, 2.05) is 0 Å². The van der Waals surface area contributed by atoms with Gasteiger partial charge in [0, 0.05) is 51.2 Å². The van der Waals surface area contributed by atoms with E-state index in [-0.39, 0.29) is 5.92 Å². The molecule has 6 nitrogen and oxygen atoms in total. The van der Waals surface area contributed by atoms with Crippen LogP contribution in [-0.4, -0.2) is 67.0 Å². The number of aliphatic imine (C=N–C) groups is 1. The minimum atomic E-state index is 0.268. The fourth-order valence-corrected chi connectivity index (χ4v) is 5.25. The number of nitrogens with one attached hydrogen (secondary N) is 2. The van der Waals surface area contributed by atoms with Crippen molar-refractivity contribution < 1.29 is 4.79 Å². The minimum absolute atomic E-state index is 0.268. The molecular weight excluding hydrogens is 386 g/mol. The predicted molar refractivity (Wildman–Crippen MR) is 126 cm³/mol. The molecule has 1 aromatic carbocycles. The molecule has 1 aromatic rings. The molecule has 1 saturated heterocycles. The van der Waals surface area contributed by atoms with Crippen molar-refractivity contribution in [2.24, 2.45) is 10.9 Å². The Bertz CT molecular complexity index is 758. The number of hydrogen-bond acceptors (Lipinski definition) is 3. The lowest BCUT2D eigenvalue weighted by atomic mass is 9.88. The van der Waals surface area contributed by atoms with Crippen molar-refractivity contribution >= 4 is 11.9 Å². The molecule has 0 radical (unpaired) electrons. The molecule has 1 atom stereocenters. The van der Waals surface area contributed by atoms with Crippen LogP contribution < -0.4 is 10.6 Å². The normalized spacial score (nSPS) is 22.9. The lowest BCUT2D eigenvalue weighted by molar-refractivity contribution is -0.135. The molecule has 1 aliphatic carbocycles. The highest BCUT2D eigenvalue weighted by Gasteiger charge is 2.31. The van der Waals surface area contributed by atoms with Crippen molar-refractivity contribution in [1.82, 2.24) is 20.4 Å². The summed E-state index contributed by atoms with van der Waals surface area (Å²) in [5.41, 5.74) is 2.95. The molecule has 2 fully saturated rings. The number of hydrogen-bond donors (Lipinski definition) is 2. The molecule has 2 aliphatic heterocycles. The molecule has 170 valence electrons. The van der Waals surface area contributed by atoms with Crippen LogP contribution in [0.2, 0.25) is 0 Å². The van der Waals surface area contributed by atoms with Gasteiger partial charge in [-0.25, -0.2) is 0 Å². The van der Waals surface area contributed by atoms with E-state index in [1.165, 1.54) is 30.4 Å². The fraction of sp³-hybridized carbons (Fsp3) is 0.680. The molecule has 6 heteroatoms. The zero-order chi connectivity index (χ0) is 21.5. The van der Waals surface area contributed by atoms with E-state index in [4.69, 9.17) is 4.99 Å². The van der Waals surface area contributed by atoms with E-state index in [1.54, 1.807) is 0 Å². The van der Waals surface area contributed by atoms with Crippen molar-refractivity contribution in [3.8, 4) is 0 Å². The third-order valence-electron chi connectivity index (χ3n) is 7.04. The van der Waals surface area contributed by atoms with Crippen LogP contribution in [0.4, 0.5) is 0 Å². The van der Waals surface area contributed by atoms with Crippen molar-refractivity contribution in [3.63, 3.8) is 0 Å². The number of nitrogens with zero attached hydrogens (tertiary/aromatic N) is 3. The van der Waals surface area contributed by atoms with E-state index in [9.17, 15) is 4.79 Å². The Balaban J connectivity index is 1.24. The van der Waals surface area contributed by atoms with Gasteiger partial charge < -0.3 is 15.5 Å². The summed E-state index contributed by atoms with van der Waals surface area (Å²) in [5.74, 6) is 1.54. The Kier molecular flexibility index (Phi) is 7.84. The Morgan fingerprint density at radius 1 is 1.10 bits per heavy atom. The highest BCUT2D eigenvalue weighted by Crippen LogP contribution is 2.26. The van der Waals surface area contributed by atoms with Crippen molar-refractivity contribution in [3.05, 3.63) is 35.4 Å².